The Bertz CT molecular complexity index is 776. The van der Waals surface area contributed by atoms with Gasteiger partial charge in [0, 0.05) is 52.4 Å². The summed E-state index contributed by atoms with van der Waals surface area (Å²) in [5, 5.41) is 0. The summed E-state index contributed by atoms with van der Waals surface area (Å²) in [6, 6.07) is 13.8. The number of rotatable bonds is 13. The van der Waals surface area contributed by atoms with Crippen LogP contribution in [0.4, 0.5) is 0 Å². The minimum absolute atomic E-state index is 0.0194. The molecule has 0 unspecified atom stereocenters. The average molecular weight is 416 g/mol. The van der Waals surface area contributed by atoms with Crippen LogP contribution in [0.25, 0.3) is 0 Å². The van der Waals surface area contributed by atoms with E-state index < -0.39 is 0 Å². The van der Waals surface area contributed by atoms with Crippen LogP contribution in [0.3, 0.4) is 0 Å². The Morgan fingerprint density at radius 1 is 1.00 bits per heavy atom. The number of aryl methyl sites for hydroxylation is 1. The lowest BCUT2D eigenvalue weighted by atomic mass is 10.2. The molecule has 0 saturated heterocycles. The number of ether oxygens (including phenoxy) is 2. The summed E-state index contributed by atoms with van der Waals surface area (Å²) >= 11 is 0. The van der Waals surface area contributed by atoms with Crippen LogP contribution in [0.2, 0.25) is 0 Å². The smallest absolute Gasteiger partial charge is 0.249 e. The van der Waals surface area contributed by atoms with Crippen LogP contribution in [-0.4, -0.2) is 66.2 Å². The fourth-order valence-corrected chi connectivity index (χ4v) is 3.16. The van der Waals surface area contributed by atoms with Gasteiger partial charge in [0.15, 0.2) is 0 Å². The highest BCUT2D eigenvalue weighted by Gasteiger charge is 2.22. The molecular formula is C23H33N3O4. The molecule has 7 heteroatoms. The van der Waals surface area contributed by atoms with Gasteiger partial charge in [-0.05, 0) is 31.0 Å². The molecule has 1 aromatic carbocycles. The molecule has 164 valence electrons. The Morgan fingerprint density at radius 2 is 1.77 bits per heavy atom. The SMILES string of the molecule is CCOCCCN(CC(=O)N(Cc1ccccc1)Cc1cccn1C)C(=O)COC. The van der Waals surface area contributed by atoms with Crippen molar-refractivity contribution in [1.82, 2.24) is 14.4 Å². The number of hydrogen-bond donors (Lipinski definition) is 0. The summed E-state index contributed by atoms with van der Waals surface area (Å²) in [4.78, 5) is 29.1. The van der Waals surface area contributed by atoms with Gasteiger partial charge in [0.2, 0.25) is 11.8 Å². The van der Waals surface area contributed by atoms with Gasteiger partial charge in [-0.15, -0.1) is 0 Å². The van der Waals surface area contributed by atoms with Gasteiger partial charge in [0.1, 0.15) is 6.61 Å². The number of hydrogen-bond acceptors (Lipinski definition) is 4. The van der Waals surface area contributed by atoms with Gasteiger partial charge >= 0.3 is 0 Å². The van der Waals surface area contributed by atoms with Gasteiger partial charge in [0.05, 0.1) is 13.1 Å². The van der Waals surface area contributed by atoms with E-state index in [0.29, 0.717) is 39.3 Å². The highest BCUT2D eigenvalue weighted by molar-refractivity contribution is 5.85. The van der Waals surface area contributed by atoms with Crippen LogP contribution >= 0.6 is 0 Å². The predicted molar refractivity (Wildman–Crippen MR) is 116 cm³/mol. The van der Waals surface area contributed by atoms with Crippen molar-refractivity contribution in [3.05, 3.63) is 59.9 Å². The maximum Gasteiger partial charge on any atom is 0.249 e. The first-order chi connectivity index (χ1) is 14.5. The van der Waals surface area contributed by atoms with Gasteiger partial charge < -0.3 is 23.8 Å². The summed E-state index contributed by atoms with van der Waals surface area (Å²) in [6.45, 7) is 4.51. The first kappa shape index (κ1) is 23.6. The van der Waals surface area contributed by atoms with E-state index in [1.54, 1.807) is 9.80 Å². The van der Waals surface area contributed by atoms with E-state index in [-0.39, 0.29) is 25.0 Å². The normalized spacial score (nSPS) is 10.8. The Hall–Kier alpha value is -2.64. The molecule has 7 nitrogen and oxygen atoms in total. The van der Waals surface area contributed by atoms with Gasteiger partial charge in [0.25, 0.3) is 0 Å². The molecule has 2 amide bonds. The third kappa shape index (κ3) is 7.65. The van der Waals surface area contributed by atoms with Crippen molar-refractivity contribution < 1.29 is 19.1 Å². The quantitative estimate of drug-likeness (QED) is 0.472. The summed E-state index contributed by atoms with van der Waals surface area (Å²) in [7, 11) is 3.44. The molecule has 0 radical (unpaired) electrons. The van der Waals surface area contributed by atoms with Gasteiger partial charge in [-0.25, -0.2) is 0 Å². The molecule has 0 saturated carbocycles. The summed E-state index contributed by atoms with van der Waals surface area (Å²) < 4.78 is 12.4. The molecule has 0 fully saturated rings. The monoisotopic (exact) mass is 415 g/mol. The number of nitrogens with zero attached hydrogens (tertiary/aromatic N) is 3. The molecule has 0 atom stereocenters. The Labute approximate surface area is 179 Å². The first-order valence-corrected chi connectivity index (χ1v) is 10.3. The largest absolute Gasteiger partial charge is 0.382 e. The summed E-state index contributed by atoms with van der Waals surface area (Å²) in [5.41, 5.74) is 2.08. The Balaban J connectivity index is 2.11. The van der Waals surface area contributed by atoms with E-state index >= 15 is 0 Å². The molecule has 0 bridgehead atoms. The van der Waals surface area contributed by atoms with Crippen molar-refractivity contribution in [3.8, 4) is 0 Å². The van der Waals surface area contributed by atoms with E-state index in [0.717, 1.165) is 11.3 Å². The fourth-order valence-electron chi connectivity index (χ4n) is 3.16. The van der Waals surface area contributed by atoms with Gasteiger partial charge in [-0.3, -0.25) is 9.59 Å². The molecular weight excluding hydrogens is 382 g/mol. The molecule has 2 aromatic rings. The van der Waals surface area contributed by atoms with E-state index in [4.69, 9.17) is 9.47 Å². The second-order valence-corrected chi connectivity index (χ2v) is 7.14. The lowest BCUT2D eigenvalue weighted by Crippen LogP contribution is -2.44. The van der Waals surface area contributed by atoms with Crippen LogP contribution < -0.4 is 0 Å². The minimum atomic E-state index is -0.194. The lowest BCUT2D eigenvalue weighted by Gasteiger charge is -2.28. The van der Waals surface area contributed by atoms with Crippen LogP contribution in [0, 0.1) is 0 Å². The maximum absolute atomic E-state index is 13.2. The molecule has 0 aliphatic heterocycles. The van der Waals surface area contributed by atoms with Crippen molar-refractivity contribution in [2.75, 3.05) is 40.0 Å². The number of benzene rings is 1. The first-order valence-electron chi connectivity index (χ1n) is 10.3. The zero-order valence-electron chi connectivity index (χ0n) is 18.3. The topological polar surface area (TPSA) is 64.0 Å². The highest BCUT2D eigenvalue weighted by Crippen LogP contribution is 2.12. The van der Waals surface area contributed by atoms with E-state index in [1.165, 1.54) is 7.11 Å². The van der Waals surface area contributed by atoms with Crippen molar-refractivity contribution in [2.24, 2.45) is 7.05 Å². The number of aromatic nitrogens is 1. The van der Waals surface area contributed by atoms with Gasteiger partial charge in [-0.1, -0.05) is 30.3 Å². The summed E-state index contributed by atoms with van der Waals surface area (Å²) in [5.74, 6) is -0.290. The fraction of sp³-hybridized carbons (Fsp3) is 0.478. The third-order valence-electron chi connectivity index (χ3n) is 4.84. The molecule has 1 heterocycles. The second kappa shape index (κ2) is 12.8. The zero-order chi connectivity index (χ0) is 21.8. The van der Waals surface area contributed by atoms with Crippen molar-refractivity contribution in [2.45, 2.75) is 26.4 Å². The molecule has 0 spiro atoms. The molecule has 0 N–H and O–H groups in total. The van der Waals surface area contributed by atoms with Crippen LogP contribution in [-0.2, 0) is 39.2 Å². The summed E-state index contributed by atoms with van der Waals surface area (Å²) in [6.07, 6.45) is 2.63. The van der Waals surface area contributed by atoms with Gasteiger partial charge in [-0.2, -0.15) is 0 Å². The Kier molecular flexibility index (Phi) is 10.1. The van der Waals surface area contributed by atoms with Crippen LogP contribution in [0.1, 0.15) is 24.6 Å². The number of amides is 2. The molecule has 1 aromatic heterocycles. The molecule has 30 heavy (non-hydrogen) atoms. The highest BCUT2D eigenvalue weighted by atomic mass is 16.5. The lowest BCUT2D eigenvalue weighted by molar-refractivity contribution is -0.143. The second-order valence-electron chi connectivity index (χ2n) is 7.14. The van der Waals surface area contributed by atoms with Crippen molar-refractivity contribution >= 4 is 11.8 Å². The van der Waals surface area contributed by atoms with Crippen LogP contribution in [0.5, 0.6) is 0 Å². The maximum atomic E-state index is 13.2. The minimum Gasteiger partial charge on any atom is -0.382 e. The van der Waals surface area contributed by atoms with Crippen molar-refractivity contribution in [3.63, 3.8) is 0 Å². The number of methoxy groups -OCH3 is 1. The zero-order valence-corrected chi connectivity index (χ0v) is 18.3. The molecule has 0 aliphatic rings. The molecule has 0 aliphatic carbocycles. The van der Waals surface area contributed by atoms with E-state index in [9.17, 15) is 9.59 Å². The standard InChI is InChI=1S/C23H33N3O4/c1-4-30-15-9-14-25(23(28)19-29-3)18-22(27)26(16-20-10-6-5-7-11-20)17-21-12-8-13-24(21)2/h5-8,10-13H,4,9,14-19H2,1-3H3. The van der Waals surface area contributed by atoms with Crippen LogP contribution in [0.15, 0.2) is 48.7 Å². The van der Waals surface area contributed by atoms with E-state index in [1.807, 2.05) is 67.2 Å². The van der Waals surface area contributed by atoms with E-state index in [2.05, 4.69) is 0 Å². The van der Waals surface area contributed by atoms with Crippen molar-refractivity contribution in [1.29, 1.82) is 0 Å². The number of carbonyl (C=O) groups excluding carboxylic acids is 2. The predicted octanol–water partition coefficient (Wildman–Crippen LogP) is 2.46. The Morgan fingerprint density at radius 3 is 2.40 bits per heavy atom. The third-order valence-corrected chi connectivity index (χ3v) is 4.84. The average Bonchev–Trinajstić information content (AvgIpc) is 3.15. The number of carbonyl (C=O) groups is 2. The molecule has 2 rings (SSSR count).